The van der Waals surface area contributed by atoms with Crippen molar-refractivity contribution in [2.75, 3.05) is 5.32 Å². The van der Waals surface area contributed by atoms with Gasteiger partial charge in [-0.2, -0.15) is 5.10 Å². The zero-order chi connectivity index (χ0) is 18.8. The zero-order valence-electron chi connectivity index (χ0n) is 15.1. The van der Waals surface area contributed by atoms with Gasteiger partial charge in [0.15, 0.2) is 5.82 Å². The Morgan fingerprint density at radius 2 is 2.00 bits per heavy atom. The summed E-state index contributed by atoms with van der Waals surface area (Å²) in [6.07, 6.45) is 1.80. The number of carbonyl (C=O) groups is 1. The summed E-state index contributed by atoms with van der Waals surface area (Å²) in [6, 6.07) is 17.7. The summed E-state index contributed by atoms with van der Waals surface area (Å²) in [5.41, 5.74) is 1.78. The lowest BCUT2D eigenvalue weighted by Crippen LogP contribution is -2.13. The van der Waals surface area contributed by atoms with Crippen molar-refractivity contribution in [3.05, 3.63) is 76.8 Å². The monoisotopic (exact) mass is 377 g/mol. The standard InChI is InChI=1S/C21H19N3O2S/c1-14-20(21(25)22-19-10-11-24(2)23-19)17-12-16(8-9-18(17)27-14)26-13-15-6-4-3-5-7-15/h3-12H,13H2,1-2H3,(H,22,23,25). The Labute approximate surface area is 161 Å². The summed E-state index contributed by atoms with van der Waals surface area (Å²) in [5.74, 6) is 1.13. The van der Waals surface area contributed by atoms with Crippen molar-refractivity contribution in [2.24, 2.45) is 7.05 Å². The highest BCUT2D eigenvalue weighted by Gasteiger charge is 2.18. The molecule has 0 spiro atoms. The topological polar surface area (TPSA) is 56.1 Å². The second-order valence-corrected chi connectivity index (χ2v) is 7.55. The molecule has 0 saturated heterocycles. The van der Waals surface area contributed by atoms with Gasteiger partial charge in [-0.15, -0.1) is 11.3 Å². The van der Waals surface area contributed by atoms with Crippen molar-refractivity contribution in [1.29, 1.82) is 0 Å². The van der Waals surface area contributed by atoms with Crippen LogP contribution in [0.2, 0.25) is 0 Å². The highest BCUT2D eigenvalue weighted by atomic mass is 32.1. The second-order valence-electron chi connectivity index (χ2n) is 6.29. The van der Waals surface area contributed by atoms with E-state index in [-0.39, 0.29) is 5.91 Å². The summed E-state index contributed by atoms with van der Waals surface area (Å²) in [6.45, 7) is 2.45. The van der Waals surface area contributed by atoms with Gasteiger partial charge < -0.3 is 10.1 Å². The molecule has 1 amide bonds. The predicted molar refractivity (Wildman–Crippen MR) is 108 cm³/mol. The van der Waals surface area contributed by atoms with Crippen LogP contribution in [0.15, 0.2) is 60.8 Å². The van der Waals surface area contributed by atoms with Gasteiger partial charge in [0.05, 0.1) is 5.56 Å². The number of rotatable bonds is 5. The number of hydrogen-bond donors (Lipinski definition) is 1. The summed E-state index contributed by atoms with van der Waals surface area (Å²) < 4.78 is 8.64. The van der Waals surface area contributed by atoms with Crippen LogP contribution in [-0.4, -0.2) is 15.7 Å². The number of hydrogen-bond acceptors (Lipinski definition) is 4. The Morgan fingerprint density at radius 3 is 2.74 bits per heavy atom. The average Bonchev–Trinajstić information content (AvgIpc) is 3.22. The maximum atomic E-state index is 12.8. The van der Waals surface area contributed by atoms with Crippen LogP contribution in [0.3, 0.4) is 0 Å². The fraction of sp³-hybridized carbons (Fsp3) is 0.143. The molecule has 4 aromatic rings. The van der Waals surface area contributed by atoms with E-state index < -0.39 is 0 Å². The van der Waals surface area contributed by atoms with Crippen LogP contribution in [0.5, 0.6) is 5.75 Å². The molecular formula is C21H19N3O2S. The van der Waals surface area contributed by atoms with Gasteiger partial charge in [-0.1, -0.05) is 30.3 Å². The Balaban J connectivity index is 1.60. The number of benzene rings is 2. The van der Waals surface area contributed by atoms with Gasteiger partial charge in [0.2, 0.25) is 0 Å². The van der Waals surface area contributed by atoms with Gasteiger partial charge in [0, 0.05) is 34.3 Å². The number of aryl methyl sites for hydroxylation is 2. The van der Waals surface area contributed by atoms with Crippen molar-refractivity contribution >= 4 is 33.1 Å². The molecule has 0 atom stereocenters. The Kier molecular flexibility index (Phi) is 4.64. The van der Waals surface area contributed by atoms with E-state index in [0.717, 1.165) is 26.3 Å². The Hall–Kier alpha value is -3.12. The summed E-state index contributed by atoms with van der Waals surface area (Å²) in [4.78, 5) is 13.8. The molecule has 4 rings (SSSR count). The lowest BCUT2D eigenvalue weighted by atomic mass is 10.1. The van der Waals surface area contributed by atoms with E-state index in [1.165, 1.54) is 0 Å². The smallest absolute Gasteiger partial charge is 0.258 e. The van der Waals surface area contributed by atoms with E-state index in [2.05, 4.69) is 10.4 Å². The van der Waals surface area contributed by atoms with E-state index in [0.29, 0.717) is 18.0 Å². The Morgan fingerprint density at radius 1 is 1.19 bits per heavy atom. The van der Waals surface area contributed by atoms with Gasteiger partial charge in [-0.25, -0.2) is 0 Å². The van der Waals surface area contributed by atoms with Crippen LogP contribution in [0.4, 0.5) is 5.82 Å². The first kappa shape index (κ1) is 17.3. The maximum Gasteiger partial charge on any atom is 0.258 e. The van der Waals surface area contributed by atoms with Crippen molar-refractivity contribution < 1.29 is 9.53 Å². The normalized spacial score (nSPS) is 10.9. The number of aromatic nitrogens is 2. The zero-order valence-corrected chi connectivity index (χ0v) is 15.9. The molecule has 1 N–H and O–H groups in total. The third-order valence-corrected chi connectivity index (χ3v) is 5.35. The maximum absolute atomic E-state index is 12.8. The molecule has 0 aliphatic carbocycles. The molecule has 0 unspecified atom stereocenters. The molecule has 2 aromatic heterocycles. The van der Waals surface area contributed by atoms with Gasteiger partial charge in [0.25, 0.3) is 5.91 Å². The van der Waals surface area contributed by atoms with Crippen LogP contribution >= 0.6 is 11.3 Å². The van der Waals surface area contributed by atoms with Crippen molar-refractivity contribution in [3.8, 4) is 5.75 Å². The highest BCUT2D eigenvalue weighted by Crippen LogP contribution is 2.34. The number of thiophene rings is 1. The molecule has 0 saturated carbocycles. The minimum atomic E-state index is -0.155. The largest absolute Gasteiger partial charge is 0.489 e. The number of anilines is 1. The highest BCUT2D eigenvalue weighted by molar-refractivity contribution is 7.19. The summed E-state index contributed by atoms with van der Waals surface area (Å²) in [5, 5.41) is 7.98. The quantitative estimate of drug-likeness (QED) is 0.545. The molecule has 0 fully saturated rings. The van der Waals surface area contributed by atoms with Crippen molar-refractivity contribution in [3.63, 3.8) is 0 Å². The van der Waals surface area contributed by atoms with Crippen LogP contribution in [-0.2, 0) is 13.7 Å². The van der Waals surface area contributed by atoms with Gasteiger partial charge in [0.1, 0.15) is 12.4 Å². The number of nitrogens with one attached hydrogen (secondary N) is 1. The number of ether oxygens (including phenoxy) is 1. The van der Waals surface area contributed by atoms with Gasteiger partial charge in [-0.3, -0.25) is 9.48 Å². The molecule has 2 aromatic carbocycles. The summed E-state index contributed by atoms with van der Waals surface area (Å²) >= 11 is 1.60. The van der Waals surface area contributed by atoms with Gasteiger partial charge >= 0.3 is 0 Å². The molecule has 6 heteroatoms. The Bertz CT molecular complexity index is 1100. The molecule has 2 heterocycles. The van der Waals surface area contributed by atoms with Crippen LogP contribution < -0.4 is 10.1 Å². The van der Waals surface area contributed by atoms with E-state index in [1.807, 2.05) is 62.5 Å². The van der Waals surface area contributed by atoms with E-state index in [1.54, 1.807) is 28.3 Å². The number of carbonyl (C=O) groups excluding carboxylic acids is 1. The summed E-state index contributed by atoms with van der Waals surface area (Å²) in [7, 11) is 1.82. The fourth-order valence-corrected chi connectivity index (χ4v) is 4.01. The first-order valence-corrected chi connectivity index (χ1v) is 9.42. The molecule has 0 aliphatic heterocycles. The molecular weight excluding hydrogens is 358 g/mol. The number of amides is 1. The average molecular weight is 377 g/mol. The van der Waals surface area contributed by atoms with Crippen LogP contribution in [0.25, 0.3) is 10.1 Å². The molecule has 27 heavy (non-hydrogen) atoms. The van der Waals surface area contributed by atoms with Crippen LogP contribution in [0.1, 0.15) is 20.8 Å². The number of fused-ring (bicyclic) bond motifs is 1. The van der Waals surface area contributed by atoms with Gasteiger partial charge in [-0.05, 0) is 30.7 Å². The lowest BCUT2D eigenvalue weighted by Gasteiger charge is -2.07. The second kappa shape index (κ2) is 7.25. The molecule has 0 radical (unpaired) electrons. The fourth-order valence-electron chi connectivity index (χ4n) is 2.97. The molecule has 136 valence electrons. The SMILES string of the molecule is Cc1sc2ccc(OCc3ccccc3)cc2c1C(=O)Nc1ccn(C)n1. The minimum Gasteiger partial charge on any atom is -0.489 e. The third kappa shape index (κ3) is 3.71. The van der Waals surface area contributed by atoms with Crippen molar-refractivity contribution in [1.82, 2.24) is 9.78 Å². The van der Waals surface area contributed by atoms with Crippen molar-refractivity contribution in [2.45, 2.75) is 13.5 Å². The van der Waals surface area contributed by atoms with E-state index >= 15 is 0 Å². The molecule has 5 nitrogen and oxygen atoms in total. The van der Waals surface area contributed by atoms with E-state index in [9.17, 15) is 4.79 Å². The molecule has 0 aliphatic rings. The van der Waals surface area contributed by atoms with Crippen LogP contribution in [0, 0.1) is 6.92 Å². The lowest BCUT2D eigenvalue weighted by molar-refractivity contribution is 0.102. The third-order valence-electron chi connectivity index (χ3n) is 4.27. The molecule has 0 bridgehead atoms. The predicted octanol–water partition coefficient (Wildman–Crippen LogP) is 4.77. The minimum absolute atomic E-state index is 0.155. The first-order chi connectivity index (χ1) is 13.1. The van der Waals surface area contributed by atoms with E-state index in [4.69, 9.17) is 4.74 Å². The first-order valence-electron chi connectivity index (χ1n) is 8.61. The number of nitrogens with zero attached hydrogens (tertiary/aromatic N) is 2.